The lowest BCUT2D eigenvalue weighted by atomic mass is 9.89. The SMILES string of the molecule is Cc1nc(C2CCCCC2)oc1C(=O)O. The first-order valence-electron chi connectivity index (χ1n) is 5.39. The lowest BCUT2D eigenvalue weighted by Crippen LogP contribution is -2.04. The molecule has 0 spiro atoms. The van der Waals surface area contributed by atoms with Crippen molar-refractivity contribution in [3.63, 3.8) is 0 Å². The largest absolute Gasteiger partial charge is 0.475 e. The van der Waals surface area contributed by atoms with Crippen molar-refractivity contribution >= 4 is 5.97 Å². The predicted octanol–water partition coefficient (Wildman–Crippen LogP) is 2.73. The van der Waals surface area contributed by atoms with Crippen LogP contribution < -0.4 is 0 Å². The number of hydrogen-bond donors (Lipinski definition) is 1. The molecule has 1 aliphatic rings. The summed E-state index contributed by atoms with van der Waals surface area (Å²) in [5.41, 5.74) is 0.489. The van der Waals surface area contributed by atoms with Crippen LogP contribution in [0, 0.1) is 6.92 Å². The quantitative estimate of drug-likeness (QED) is 0.813. The molecule has 0 unspecified atom stereocenters. The van der Waals surface area contributed by atoms with Gasteiger partial charge < -0.3 is 9.52 Å². The van der Waals surface area contributed by atoms with Crippen molar-refractivity contribution in [3.05, 3.63) is 17.3 Å². The molecule has 1 fully saturated rings. The van der Waals surface area contributed by atoms with Crippen LogP contribution in [0.4, 0.5) is 0 Å². The Labute approximate surface area is 88.3 Å². The van der Waals surface area contributed by atoms with Crippen LogP contribution in [0.3, 0.4) is 0 Å². The van der Waals surface area contributed by atoms with Crippen molar-refractivity contribution in [2.24, 2.45) is 0 Å². The van der Waals surface area contributed by atoms with Crippen molar-refractivity contribution < 1.29 is 14.3 Å². The molecule has 1 heterocycles. The van der Waals surface area contributed by atoms with Crippen molar-refractivity contribution in [3.8, 4) is 0 Å². The molecule has 2 rings (SSSR count). The fourth-order valence-corrected chi connectivity index (χ4v) is 2.14. The van der Waals surface area contributed by atoms with Gasteiger partial charge in [-0.15, -0.1) is 0 Å². The normalized spacial score (nSPS) is 17.9. The number of oxazole rings is 1. The highest BCUT2D eigenvalue weighted by molar-refractivity contribution is 5.85. The van der Waals surface area contributed by atoms with E-state index in [1.54, 1.807) is 6.92 Å². The number of carboxylic acids is 1. The molecule has 1 aromatic rings. The summed E-state index contributed by atoms with van der Waals surface area (Å²) in [6, 6.07) is 0. The zero-order valence-corrected chi connectivity index (χ0v) is 8.82. The zero-order valence-electron chi connectivity index (χ0n) is 8.82. The van der Waals surface area contributed by atoms with Gasteiger partial charge in [0.1, 0.15) is 0 Å². The molecule has 0 atom stereocenters. The first kappa shape index (κ1) is 10.2. The number of hydrogen-bond acceptors (Lipinski definition) is 3. The van der Waals surface area contributed by atoms with Gasteiger partial charge in [0, 0.05) is 5.92 Å². The van der Waals surface area contributed by atoms with E-state index in [4.69, 9.17) is 9.52 Å². The molecule has 0 bridgehead atoms. The molecule has 1 N–H and O–H groups in total. The molecular formula is C11H15NO3. The van der Waals surface area contributed by atoms with Gasteiger partial charge in [-0.2, -0.15) is 0 Å². The van der Waals surface area contributed by atoms with Gasteiger partial charge in [0.25, 0.3) is 0 Å². The monoisotopic (exact) mass is 209 g/mol. The Bertz CT molecular complexity index is 364. The van der Waals surface area contributed by atoms with Gasteiger partial charge in [0.15, 0.2) is 5.89 Å². The van der Waals surface area contributed by atoms with Crippen LogP contribution in [0.2, 0.25) is 0 Å². The number of aromatic carboxylic acids is 1. The molecule has 1 saturated carbocycles. The summed E-state index contributed by atoms with van der Waals surface area (Å²) in [5.74, 6) is -0.0900. The Morgan fingerprint density at radius 2 is 2.07 bits per heavy atom. The van der Waals surface area contributed by atoms with E-state index in [1.807, 2.05) is 0 Å². The fourth-order valence-electron chi connectivity index (χ4n) is 2.14. The van der Waals surface area contributed by atoms with Gasteiger partial charge in [0.2, 0.25) is 5.76 Å². The first-order valence-corrected chi connectivity index (χ1v) is 5.39. The van der Waals surface area contributed by atoms with E-state index in [0.717, 1.165) is 12.8 Å². The summed E-state index contributed by atoms with van der Waals surface area (Å²) in [6.45, 7) is 1.68. The first-order chi connectivity index (χ1) is 7.18. The molecule has 4 nitrogen and oxygen atoms in total. The summed E-state index contributed by atoms with van der Waals surface area (Å²) in [4.78, 5) is 15.0. The molecule has 15 heavy (non-hydrogen) atoms. The van der Waals surface area contributed by atoms with Gasteiger partial charge in [-0.1, -0.05) is 19.3 Å². The number of nitrogens with zero attached hydrogens (tertiary/aromatic N) is 1. The number of aryl methyl sites for hydroxylation is 1. The summed E-state index contributed by atoms with van der Waals surface area (Å²) >= 11 is 0. The minimum Gasteiger partial charge on any atom is -0.475 e. The zero-order chi connectivity index (χ0) is 10.8. The number of rotatable bonds is 2. The maximum absolute atomic E-state index is 10.8. The second-order valence-electron chi connectivity index (χ2n) is 4.11. The molecular weight excluding hydrogens is 194 g/mol. The highest BCUT2D eigenvalue weighted by Crippen LogP contribution is 2.32. The van der Waals surface area contributed by atoms with E-state index >= 15 is 0 Å². The third-order valence-electron chi connectivity index (χ3n) is 2.96. The number of carboxylic acid groups (broad SMARTS) is 1. The van der Waals surface area contributed by atoms with Crippen molar-refractivity contribution in [1.82, 2.24) is 4.98 Å². The van der Waals surface area contributed by atoms with E-state index in [9.17, 15) is 4.79 Å². The molecule has 0 radical (unpaired) electrons. The smallest absolute Gasteiger partial charge is 0.373 e. The Morgan fingerprint density at radius 3 is 2.60 bits per heavy atom. The third-order valence-corrected chi connectivity index (χ3v) is 2.96. The summed E-state index contributed by atoms with van der Waals surface area (Å²) in [5, 5.41) is 8.84. The van der Waals surface area contributed by atoms with E-state index in [-0.39, 0.29) is 5.76 Å². The molecule has 0 saturated heterocycles. The predicted molar refractivity (Wildman–Crippen MR) is 54.0 cm³/mol. The molecule has 0 aliphatic heterocycles. The van der Waals surface area contributed by atoms with E-state index in [2.05, 4.69) is 4.98 Å². The van der Waals surface area contributed by atoms with Crippen LogP contribution in [0.15, 0.2) is 4.42 Å². The standard InChI is InChI=1S/C11H15NO3/c1-7-9(11(13)14)15-10(12-7)8-5-3-2-4-6-8/h8H,2-6H2,1H3,(H,13,14). The summed E-state index contributed by atoms with van der Waals surface area (Å²) < 4.78 is 5.30. The molecule has 4 heteroatoms. The second-order valence-corrected chi connectivity index (χ2v) is 4.11. The topological polar surface area (TPSA) is 63.3 Å². The summed E-state index contributed by atoms with van der Waals surface area (Å²) in [6.07, 6.45) is 5.78. The average molecular weight is 209 g/mol. The number of aromatic nitrogens is 1. The van der Waals surface area contributed by atoms with Crippen LogP contribution in [0.25, 0.3) is 0 Å². The van der Waals surface area contributed by atoms with Crippen LogP contribution in [0.5, 0.6) is 0 Å². The third kappa shape index (κ3) is 2.03. The van der Waals surface area contributed by atoms with E-state index < -0.39 is 5.97 Å². The molecule has 0 amide bonds. The van der Waals surface area contributed by atoms with Gasteiger partial charge in [-0.05, 0) is 19.8 Å². The molecule has 0 aromatic carbocycles. The minimum atomic E-state index is -1.03. The van der Waals surface area contributed by atoms with Crippen molar-refractivity contribution in [1.29, 1.82) is 0 Å². The van der Waals surface area contributed by atoms with Gasteiger partial charge in [0.05, 0.1) is 5.69 Å². The van der Waals surface area contributed by atoms with Gasteiger partial charge in [-0.3, -0.25) is 0 Å². The second kappa shape index (κ2) is 4.04. The molecule has 82 valence electrons. The lowest BCUT2D eigenvalue weighted by Gasteiger charge is -2.17. The van der Waals surface area contributed by atoms with Crippen molar-refractivity contribution in [2.45, 2.75) is 44.9 Å². The Morgan fingerprint density at radius 1 is 1.40 bits per heavy atom. The van der Waals surface area contributed by atoms with Crippen molar-refractivity contribution in [2.75, 3.05) is 0 Å². The van der Waals surface area contributed by atoms with E-state index in [1.165, 1.54) is 19.3 Å². The van der Waals surface area contributed by atoms with Crippen LogP contribution in [-0.4, -0.2) is 16.1 Å². The number of carbonyl (C=O) groups is 1. The lowest BCUT2D eigenvalue weighted by molar-refractivity contribution is 0.0658. The minimum absolute atomic E-state index is 0.00410. The van der Waals surface area contributed by atoms with Gasteiger partial charge >= 0.3 is 5.97 Å². The van der Waals surface area contributed by atoms with Gasteiger partial charge in [-0.25, -0.2) is 9.78 Å². The van der Waals surface area contributed by atoms with Crippen LogP contribution in [-0.2, 0) is 0 Å². The summed E-state index contributed by atoms with van der Waals surface area (Å²) in [7, 11) is 0. The highest BCUT2D eigenvalue weighted by atomic mass is 16.4. The Kier molecular flexibility index (Phi) is 2.75. The molecule has 1 aromatic heterocycles. The highest BCUT2D eigenvalue weighted by Gasteiger charge is 2.23. The van der Waals surface area contributed by atoms with E-state index in [0.29, 0.717) is 17.5 Å². The maximum Gasteiger partial charge on any atom is 0.373 e. The molecule has 1 aliphatic carbocycles. The Balaban J connectivity index is 2.21. The van der Waals surface area contributed by atoms with Crippen LogP contribution >= 0.6 is 0 Å². The fraction of sp³-hybridized carbons (Fsp3) is 0.636. The Hall–Kier alpha value is -1.32. The average Bonchev–Trinajstić information content (AvgIpc) is 2.62. The van der Waals surface area contributed by atoms with Crippen LogP contribution in [0.1, 0.15) is 60.2 Å². The maximum atomic E-state index is 10.8.